The minimum atomic E-state index is -1.00. The van der Waals surface area contributed by atoms with Gasteiger partial charge in [0.2, 0.25) is 0 Å². The van der Waals surface area contributed by atoms with Gasteiger partial charge in [-0.1, -0.05) is 0 Å². The Morgan fingerprint density at radius 1 is 0.920 bits per heavy atom. The second-order valence-corrected chi connectivity index (χ2v) is 6.19. The number of halogens is 2. The first kappa shape index (κ1) is 22.0. The molecular weight excluding hydrogens is 377 g/mol. The van der Waals surface area contributed by atoms with Crippen molar-refractivity contribution >= 4 is 41.1 Å². The van der Waals surface area contributed by atoms with Crippen LogP contribution in [0.4, 0.5) is 0 Å². The van der Waals surface area contributed by atoms with Crippen molar-refractivity contribution < 1.29 is 33.3 Å². The van der Waals surface area contributed by atoms with Gasteiger partial charge in [0.25, 0.3) is 0 Å². The molecule has 1 saturated heterocycles. The van der Waals surface area contributed by atoms with E-state index in [1.165, 1.54) is 20.8 Å². The van der Waals surface area contributed by atoms with Gasteiger partial charge in [-0.3, -0.25) is 19.3 Å². The molecule has 25 heavy (non-hydrogen) atoms. The molecule has 0 aromatic rings. The lowest BCUT2D eigenvalue weighted by molar-refractivity contribution is -0.249. The van der Waals surface area contributed by atoms with Gasteiger partial charge in [-0.25, -0.2) is 0 Å². The molecule has 144 valence electrons. The number of rotatable bonds is 8. The molecule has 0 aliphatic carbocycles. The van der Waals surface area contributed by atoms with Crippen molar-refractivity contribution in [3.05, 3.63) is 0 Å². The maximum Gasteiger partial charge on any atom is 0.303 e. The highest BCUT2D eigenvalue weighted by Gasteiger charge is 2.48. The number of alkyl halides is 2. The van der Waals surface area contributed by atoms with E-state index in [0.29, 0.717) is 24.8 Å². The Morgan fingerprint density at radius 3 is 1.84 bits per heavy atom. The topological polar surface area (TPSA) is 91.4 Å². The van der Waals surface area contributed by atoms with Crippen molar-refractivity contribution in [3.8, 4) is 0 Å². The fourth-order valence-electron chi connectivity index (χ4n) is 2.62. The minimum absolute atomic E-state index is 0.0268. The predicted molar refractivity (Wildman–Crippen MR) is 89.4 cm³/mol. The third kappa shape index (κ3) is 6.97. The molecule has 8 nitrogen and oxygen atoms in total. The summed E-state index contributed by atoms with van der Waals surface area (Å²) in [7, 11) is 0. The fourth-order valence-corrected chi connectivity index (χ4v) is 3.05. The molecule has 0 amide bonds. The van der Waals surface area contributed by atoms with Crippen LogP contribution in [0.1, 0.15) is 20.8 Å². The largest absolute Gasteiger partial charge is 0.456 e. The van der Waals surface area contributed by atoms with Crippen molar-refractivity contribution in [2.24, 2.45) is 0 Å². The summed E-state index contributed by atoms with van der Waals surface area (Å²) in [5.41, 5.74) is 0. The summed E-state index contributed by atoms with van der Waals surface area (Å²) in [6.07, 6.45) is -3.63. The van der Waals surface area contributed by atoms with E-state index in [0.717, 1.165) is 0 Å². The average molecular weight is 400 g/mol. The van der Waals surface area contributed by atoms with Gasteiger partial charge in [0.15, 0.2) is 24.5 Å². The highest BCUT2D eigenvalue weighted by molar-refractivity contribution is 6.18. The van der Waals surface area contributed by atoms with Crippen molar-refractivity contribution in [2.45, 2.75) is 45.3 Å². The third-order valence-corrected chi connectivity index (χ3v) is 3.77. The quantitative estimate of drug-likeness (QED) is 0.338. The third-order valence-electron chi connectivity index (χ3n) is 3.43. The lowest BCUT2D eigenvalue weighted by Gasteiger charge is -2.44. The van der Waals surface area contributed by atoms with Crippen molar-refractivity contribution in [2.75, 3.05) is 31.5 Å². The van der Waals surface area contributed by atoms with Crippen LogP contribution in [-0.4, -0.2) is 78.8 Å². The SMILES string of the molecule is CC(=O)O[C@@H]1[C@H](OC(C)=O)[C@H](OC(C)=O)CO[C@H]1N(CCCl)CCCl. The summed E-state index contributed by atoms with van der Waals surface area (Å²) in [6.45, 7) is 4.48. The van der Waals surface area contributed by atoms with Gasteiger partial charge in [0.05, 0.1) is 6.61 Å². The smallest absolute Gasteiger partial charge is 0.303 e. The van der Waals surface area contributed by atoms with Gasteiger partial charge < -0.3 is 18.9 Å². The Morgan fingerprint density at radius 2 is 1.40 bits per heavy atom. The molecular formula is C15H23Cl2NO7. The molecule has 4 atom stereocenters. The number of carbonyl (C=O) groups excluding carboxylic acids is 3. The highest BCUT2D eigenvalue weighted by Crippen LogP contribution is 2.26. The van der Waals surface area contributed by atoms with Crippen LogP contribution in [0.3, 0.4) is 0 Å². The molecule has 10 heteroatoms. The van der Waals surface area contributed by atoms with Gasteiger partial charge in [0, 0.05) is 45.6 Å². The molecule has 0 bridgehead atoms. The standard InChI is InChI=1S/C15H23Cl2NO7/c1-9(19)23-12-8-22-15(18(6-4-16)7-5-17)14(25-11(3)21)13(12)24-10(2)20/h12-15H,4-8H2,1-3H3/t12-,13-,14-,15-/m1/s1. The zero-order chi connectivity index (χ0) is 19.0. The Labute approximate surface area is 156 Å². The first-order valence-electron chi connectivity index (χ1n) is 7.79. The maximum atomic E-state index is 11.6. The van der Waals surface area contributed by atoms with Crippen LogP contribution in [0.15, 0.2) is 0 Å². The van der Waals surface area contributed by atoms with Crippen LogP contribution >= 0.6 is 23.2 Å². The zero-order valence-corrected chi connectivity index (χ0v) is 15.9. The van der Waals surface area contributed by atoms with Crippen LogP contribution in [0.2, 0.25) is 0 Å². The summed E-state index contributed by atoms with van der Waals surface area (Å²) >= 11 is 11.6. The molecule has 0 aromatic carbocycles. The molecule has 1 heterocycles. The molecule has 0 saturated carbocycles. The van der Waals surface area contributed by atoms with Crippen LogP contribution in [-0.2, 0) is 33.3 Å². The lowest BCUT2D eigenvalue weighted by Crippen LogP contribution is -2.62. The molecule has 0 radical (unpaired) electrons. The molecule has 0 spiro atoms. The molecule has 1 fully saturated rings. The van der Waals surface area contributed by atoms with Crippen LogP contribution in [0.5, 0.6) is 0 Å². The Hall–Kier alpha value is -1.09. The summed E-state index contributed by atoms with van der Waals surface area (Å²) < 4.78 is 21.5. The predicted octanol–water partition coefficient (Wildman–Crippen LogP) is 0.917. The van der Waals surface area contributed by atoms with E-state index in [1.54, 1.807) is 4.90 Å². The van der Waals surface area contributed by atoms with E-state index in [9.17, 15) is 14.4 Å². The van der Waals surface area contributed by atoms with Crippen molar-refractivity contribution in [3.63, 3.8) is 0 Å². The summed E-state index contributed by atoms with van der Waals surface area (Å²) in [5.74, 6) is -1.15. The molecule has 1 aliphatic rings. The van der Waals surface area contributed by atoms with Crippen molar-refractivity contribution in [1.29, 1.82) is 0 Å². The molecule has 0 aromatic heterocycles. The monoisotopic (exact) mass is 399 g/mol. The molecule has 0 unspecified atom stereocenters. The zero-order valence-electron chi connectivity index (χ0n) is 14.4. The summed E-state index contributed by atoms with van der Waals surface area (Å²) in [6, 6.07) is 0. The second-order valence-electron chi connectivity index (χ2n) is 5.43. The molecule has 0 N–H and O–H groups in total. The minimum Gasteiger partial charge on any atom is -0.456 e. The van der Waals surface area contributed by atoms with Gasteiger partial charge in [-0.05, 0) is 0 Å². The van der Waals surface area contributed by atoms with Crippen LogP contribution in [0.25, 0.3) is 0 Å². The lowest BCUT2D eigenvalue weighted by atomic mass is 10.0. The van der Waals surface area contributed by atoms with Gasteiger partial charge in [-0.15, -0.1) is 23.2 Å². The normalized spacial score (nSPS) is 26.2. The number of carbonyl (C=O) groups is 3. The number of esters is 3. The van der Waals surface area contributed by atoms with E-state index in [2.05, 4.69) is 0 Å². The first-order chi connectivity index (χ1) is 11.8. The Balaban J connectivity index is 3.13. The van der Waals surface area contributed by atoms with E-state index in [-0.39, 0.29) is 6.61 Å². The van der Waals surface area contributed by atoms with Crippen LogP contribution < -0.4 is 0 Å². The molecule has 1 rings (SSSR count). The van der Waals surface area contributed by atoms with Crippen molar-refractivity contribution in [1.82, 2.24) is 4.90 Å². The van der Waals surface area contributed by atoms with E-state index < -0.39 is 42.4 Å². The summed E-state index contributed by atoms with van der Waals surface area (Å²) in [5, 5.41) is 0. The Kier molecular flexibility index (Phi) is 9.48. The van der Waals surface area contributed by atoms with Crippen LogP contribution in [0, 0.1) is 0 Å². The van der Waals surface area contributed by atoms with Gasteiger partial charge in [-0.2, -0.15) is 0 Å². The second kappa shape index (κ2) is 10.8. The highest BCUT2D eigenvalue weighted by atomic mass is 35.5. The first-order valence-corrected chi connectivity index (χ1v) is 8.86. The van der Waals surface area contributed by atoms with Gasteiger partial charge >= 0.3 is 17.9 Å². The van der Waals surface area contributed by atoms with E-state index >= 15 is 0 Å². The molecule has 1 aliphatic heterocycles. The fraction of sp³-hybridized carbons (Fsp3) is 0.800. The maximum absolute atomic E-state index is 11.6. The summed E-state index contributed by atoms with van der Waals surface area (Å²) in [4.78, 5) is 36.2. The van der Waals surface area contributed by atoms with E-state index in [4.69, 9.17) is 42.1 Å². The number of ether oxygens (including phenoxy) is 4. The number of nitrogens with zero attached hydrogens (tertiary/aromatic N) is 1. The number of hydrogen-bond acceptors (Lipinski definition) is 8. The number of hydrogen-bond donors (Lipinski definition) is 0. The van der Waals surface area contributed by atoms with Gasteiger partial charge in [0.1, 0.15) is 0 Å². The van der Waals surface area contributed by atoms with E-state index in [1.807, 2.05) is 0 Å². The average Bonchev–Trinajstić information content (AvgIpc) is 2.49. The Bertz CT molecular complexity index is 471.